The molecule has 1 aromatic heterocycles. The Labute approximate surface area is 197 Å². The number of rotatable bonds is 7. The SMILES string of the molecule is Cc1ccc(Nc2nc(NC(C)(C)CC(C)(C)C)cc(C(=O)N(C)c3ccccc3)n2)cc1. The third-order valence-electron chi connectivity index (χ3n) is 5.14. The van der Waals surface area contributed by atoms with Gasteiger partial charge in [-0.2, -0.15) is 4.98 Å². The lowest BCUT2D eigenvalue weighted by atomic mass is 9.82. The monoisotopic (exact) mass is 445 g/mol. The summed E-state index contributed by atoms with van der Waals surface area (Å²) < 4.78 is 0. The second kappa shape index (κ2) is 9.61. The molecular formula is C27H35N5O. The Morgan fingerprint density at radius 2 is 1.58 bits per heavy atom. The Hall–Kier alpha value is -3.41. The van der Waals surface area contributed by atoms with Gasteiger partial charge in [0.05, 0.1) is 0 Å². The molecule has 0 aliphatic carbocycles. The van der Waals surface area contributed by atoms with Crippen LogP contribution in [0.15, 0.2) is 60.7 Å². The van der Waals surface area contributed by atoms with Gasteiger partial charge in [-0.25, -0.2) is 4.98 Å². The lowest BCUT2D eigenvalue weighted by Gasteiger charge is -2.34. The van der Waals surface area contributed by atoms with Gasteiger partial charge in [0.1, 0.15) is 11.5 Å². The van der Waals surface area contributed by atoms with Gasteiger partial charge in [-0.1, -0.05) is 56.7 Å². The Morgan fingerprint density at radius 3 is 2.18 bits per heavy atom. The first-order valence-electron chi connectivity index (χ1n) is 11.3. The molecule has 0 saturated heterocycles. The average Bonchev–Trinajstić information content (AvgIpc) is 2.72. The molecule has 1 heterocycles. The second-order valence-electron chi connectivity index (χ2n) is 10.4. The van der Waals surface area contributed by atoms with E-state index in [0.717, 1.165) is 17.8 Å². The summed E-state index contributed by atoms with van der Waals surface area (Å²) in [4.78, 5) is 24.1. The van der Waals surface area contributed by atoms with Gasteiger partial charge in [0.2, 0.25) is 5.95 Å². The van der Waals surface area contributed by atoms with Crippen LogP contribution in [0, 0.1) is 12.3 Å². The fraction of sp³-hybridized carbons (Fsp3) is 0.370. The molecule has 2 aromatic carbocycles. The Morgan fingerprint density at radius 1 is 0.939 bits per heavy atom. The highest BCUT2D eigenvalue weighted by atomic mass is 16.2. The first-order valence-corrected chi connectivity index (χ1v) is 11.3. The third kappa shape index (κ3) is 7.04. The molecule has 0 bridgehead atoms. The van der Waals surface area contributed by atoms with Crippen molar-refractivity contribution in [3.05, 3.63) is 71.9 Å². The van der Waals surface area contributed by atoms with Crippen molar-refractivity contribution in [3.63, 3.8) is 0 Å². The lowest BCUT2D eigenvalue weighted by Crippen LogP contribution is -2.36. The van der Waals surface area contributed by atoms with Crippen molar-refractivity contribution in [3.8, 4) is 0 Å². The molecule has 6 nitrogen and oxygen atoms in total. The van der Waals surface area contributed by atoms with E-state index in [4.69, 9.17) is 0 Å². The molecule has 0 unspecified atom stereocenters. The number of anilines is 4. The van der Waals surface area contributed by atoms with E-state index in [1.807, 2.05) is 61.5 Å². The lowest BCUT2D eigenvalue weighted by molar-refractivity contribution is 0.0988. The number of nitrogens with one attached hydrogen (secondary N) is 2. The molecule has 0 aliphatic rings. The van der Waals surface area contributed by atoms with E-state index in [9.17, 15) is 4.79 Å². The van der Waals surface area contributed by atoms with E-state index in [1.165, 1.54) is 5.56 Å². The largest absolute Gasteiger partial charge is 0.365 e. The van der Waals surface area contributed by atoms with Crippen molar-refractivity contribution in [2.45, 2.75) is 53.5 Å². The standard InChI is InChI=1S/C27H35N5O/c1-19-13-15-20(16-14-19)28-25-29-22(24(33)32(7)21-11-9-8-10-12-21)17-23(30-25)31-27(5,6)18-26(2,3)4/h8-17H,18H2,1-7H3,(H2,28,29,30,31). The summed E-state index contributed by atoms with van der Waals surface area (Å²) in [5.74, 6) is 0.783. The smallest absolute Gasteiger partial charge is 0.276 e. The van der Waals surface area contributed by atoms with Gasteiger partial charge in [-0.15, -0.1) is 0 Å². The fourth-order valence-electron chi connectivity index (χ4n) is 4.10. The zero-order valence-corrected chi connectivity index (χ0v) is 20.7. The number of benzene rings is 2. The summed E-state index contributed by atoms with van der Waals surface area (Å²) in [6, 6.07) is 19.3. The molecule has 0 spiro atoms. The third-order valence-corrected chi connectivity index (χ3v) is 5.14. The molecule has 3 rings (SSSR count). The molecule has 1 amide bonds. The van der Waals surface area contributed by atoms with Crippen molar-refractivity contribution in [2.75, 3.05) is 22.6 Å². The summed E-state index contributed by atoms with van der Waals surface area (Å²) in [7, 11) is 1.75. The van der Waals surface area contributed by atoms with Crippen LogP contribution in [0.4, 0.5) is 23.1 Å². The van der Waals surface area contributed by atoms with Gasteiger partial charge < -0.3 is 15.5 Å². The Bertz CT molecular complexity index is 1090. The fourth-order valence-corrected chi connectivity index (χ4v) is 4.10. The normalized spacial score (nSPS) is 11.7. The molecule has 0 atom stereocenters. The number of amides is 1. The van der Waals surface area contributed by atoms with Crippen LogP contribution in [0.25, 0.3) is 0 Å². The van der Waals surface area contributed by atoms with E-state index in [0.29, 0.717) is 17.5 Å². The molecule has 174 valence electrons. The van der Waals surface area contributed by atoms with Gasteiger partial charge >= 0.3 is 0 Å². The van der Waals surface area contributed by atoms with Gasteiger partial charge in [0.25, 0.3) is 5.91 Å². The number of aryl methyl sites for hydroxylation is 1. The van der Waals surface area contributed by atoms with Gasteiger partial charge in [-0.05, 0) is 56.9 Å². The predicted octanol–water partition coefficient (Wildman–Crippen LogP) is 6.43. The van der Waals surface area contributed by atoms with Gasteiger partial charge in [0, 0.05) is 30.0 Å². The van der Waals surface area contributed by atoms with Crippen LogP contribution >= 0.6 is 0 Å². The number of carbonyl (C=O) groups excluding carboxylic acids is 1. The maximum Gasteiger partial charge on any atom is 0.276 e. The first-order chi connectivity index (χ1) is 15.4. The van der Waals surface area contributed by atoms with Crippen LogP contribution in [0.2, 0.25) is 0 Å². The molecule has 0 aliphatic heterocycles. The van der Waals surface area contributed by atoms with E-state index >= 15 is 0 Å². The van der Waals surface area contributed by atoms with Gasteiger partial charge in [-0.3, -0.25) is 4.79 Å². The van der Waals surface area contributed by atoms with Crippen molar-refractivity contribution < 1.29 is 4.79 Å². The van der Waals surface area contributed by atoms with Crippen molar-refractivity contribution in [2.24, 2.45) is 5.41 Å². The quantitative estimate of drug-likeness (QED) is 0.438. The average molecular weight is 446 g/mol. The van der Waals surface area contributed by atoms with E-state index in [-0.39, 0.29) is 16.9 Å². The molecular weight excluding hydrogens is 410 g/mol. The molecule has 0 radical (unpaired) electrons. The summed E-state index contributed by atoms with van der Waals surface area (Å²) in [5, 5.41) is 6.77. The maximum absolute atomic E-state index is 13.3. The highest BCUT2D eigenvalue weighted by Crippen LogP contribution is 2.30. The predicted molar refractivity (Wildman–Crippen MR) is 137 cm³/mol. The molecule has 3 aromatic rings. The van der Waals surface area contributed by atoms with Crippen molar-refractivity contribution in [1.82, 2.24) is 9.97 Å². The minimum Gasteiger partial charge on any atom is -0.365 e. The highest BCUT2D eigenvalue weighted by Gasteiger charge is 2.27. The summed E-state index contributed by atoms with van der Waals surface area (Å²) in [5.41, 5.74) is 3.07. The molecule has 0 saturated carbocycles. The van der Waals surface area contributed by atoms with Gasteiger partial charge in [0.15, 0.2) is 0 Å². The molecule has 33 heavy (non-hydrogen) atoms. The maximum atomic E-state index is 13.3. The first kappa shape index (κ1) is 24.2. The number of nitrogens with zero attached hydrogens (tertiary/aromatic N) is 3. The van der Waals surface area contributed by atoms with Crippen LogP contribution in [0.1, 0.15) is 57.1 Å². The summed E-state index contributed by atoms with van der Waals surface area (Å²) in [6.45, 7) is 13.0. The molecule has 6 heteroatoms. The van der Waals surface area contributed by atoms with E-state index < -0.39 is 0 Å². The number of aromatic nitrogens is 2. The Balaban J connectivity index is 1.96. The van der Waals surface area contributed by atoms with Crippen molar-refractivity contribution in [1.29, 1.82) is 0 Å². The Kier molecular flexibility index (Phi) is 7.06. The molecule has 2 N–H and O–H groups in total. The number of para-hydroxylation sites is 1. The van der Waals surface area contributed by atoms with Crippen LogP contribution in [0.5, 0.6) is 0 Å². The van der Waals surface area contributed by atoms with Crippen LogP contribution in [0.3, 0.4) is 0 Å². The minimum atomic E-state index is -0.223. The van der Waals surface area contributed by atoms with Crippen molar-refractivity contribution >= 4 is 29.0 Å². The van der Waals surface area contributed by atoms with Crippen LogP contribution in [-0.4, -0.2) is 28.5 Å². The zero-order valence-electron chi connectivity index (χ0n) is 20.7. The van der Waals surface area contributed by atoms with E-state index in [2.05, 4.69) is 55.2 Å². The highest BCUT2D eigenvalue weighted by molar-refractivity contribution is 6.05. The minimum absolute atomic E-state index is 0.138. The number of hydrogen-bond donors (Lipinski definition) is 2. The second-order valence-corrected chi connectivity index (χ2v) is 10.4. The zero-order chi connectivity index (χ0) is 24.2. The molecule has 0 fully saturated rings. The van der Waals surface area contributed by atoms with Crippen LogP contribution < -0.4 is 15.5 Å². The van der Waals surface area contributed by atoms with Crippen LogP contribution in [-0.2, 0) is 0 Å². The number of hydrogen-bond acceptors (Lipinski definition) is 5. The van der Waals surface area contributed by atoms with E-state index in [1.54, 1.807) is 18.0 Å². The number of carbonyl (C=O) groups is 1. The summed E-state index contributed by atoms with van der Waals surface area (Å²) >= 11 is 0. The topological polar surface area (TPSA) is 70.2 Å². The summed E-state index contributed by atoms with van der Waals surface area (Å²) in [6.07, 6.45) is 0.928.